The Balaban J connectivity index is 0.000000533. The van der Waals surface area contributed by atoms with Gasteiger partial charge in [-0.3, -0.25) is 19.2 Å². The molecule has 0 bridgehead atoms. The number of halogens is 1. The van der Waals surface area contributed by atoms with Gasteiger partial charge in [-0.05, 0) is 166 Å². The van der Waals surface area contributed by atoms with Crippen LogP contribution in [0.2, 0.25) is 0 Å². The van der Waals surface area contributed by atoms with Crippen molar-refractivity contribution in [3.05, 3.63) is 138 Å². The van der Waals surface area contributed by atoms with Crippen LogP contribution in [-0.4, -0.2) is 176 Å². The van der Waals surface area contributed by atoms with Crippen LogP contribution in [0.4, 0.5) is 4.39 Å². The number of esters is 4. The number of sulfonamides is 1. The topological polar surface area (TPSA) is 329 Å². The van der Waals surface area contributed by atoms with Crippen molar-refractivity contribution in [2.45, 2.75) is 272 Å². The molecule has 0 aliphatic carbocycles. The van der Waals surface area contributed by atoms with Crippen LogP contribution >= 0.6 is 0 Å². The number of Topliss-reactive ketones (excluding diaryl/α,β-unsaturated/α-hetero) is 1. The van der Waals surface area contributed by atoms with Crippen LogP contribution in [-0.2, 0) is 101 Å². The number of carbonyl (C=O) groups is 6. The Morgan fingerprint density at radius 1 is 0.667 bits per heavy atom. The molecule has 5 N–H and O–H groups in total. The maximum absolute atomic E-state index is 14.5. The number of morpholine rings is 1. The second-order valence-corrected chi connectivity index (χ2v) is 32.9. The number of carboxylic acids is 1. The number of aliphatic hydroxyl groups is 2. The minimum Gasteiger partial charge on any atom is -0.550 e. The van der Waals surface area contributed by atoms with Crippen LogP contribution in [0.25, 0.3) is 22.4 Å². The standard InChI is InChI=1S/C30H37FN2O7S.C26H41NO6.C14H27NO4.C12H14O3.CH4.B.Na/c1-20(2)28-27(21-6-4-3-5-7-21)30(41(38,39)32-14-16-40-17-15-32)29(22-8-10-23(31)11-9-22)33(28)13-12-24(34)18-25(35)19-26(36)37;1-18(2)23(24(29)30-17-19-11-9-8-10-12-19)27-14-13-20-15-21(32-26(6,7)31-20)16-22(28)33-25(3,4)5;1-13(2,3)19-12(16)9-11-8-10(6-7-15)17-14(4,5)18-11;1-9(2)11(13)12(14)15-8-10-6-4-3-5-7-10;;;/h3-11,20,24-25,34-35H,12-19H2,1-2H3,(H,36,37);8-12,18,20-21,23,27H,13-17H2,1-7H3;10-11H,6-9,15H2,1-5H3;3-7,9H,8H2,1-2H3;1H4;;/q;;;;;;+1/p-1/t24-,25-;20-,21-,23?;10-,11-;;;;/m111..../s1. The number of benzene rings is 4. The first kappa shape index (κ1) is 101. The van der Waals surface area contributed by atoms with Crippen molar-refractivity contribution >= 4 is 54.1 Å². The molecule has 7 atom stereocenters. The third-order valence-corrected chi connectivity index (χ3v) is 19.0. The maximum atomic E-state index is 14.5. The molecule has 3 aliphatic heterocycles. The minimum absolute atomic E-state index is 0. The molecule has 1 aromatic heterocycles. The molecule has 0 amide bonds. The van der Waals surface area contributed by atoms with Crippen molar-refractivity contribution in [3.63, 3.8) is 0 Å². The third kappa shape index (κ3) is 35.6. The molecule has 3 radical (unpaired) electrons. The molecule has 4 aromatic carbocycles. The predicted molar refractivity (Wildman–Crippen MR) is 417 cm³/mol. The molecule has 3 aliphatic rings. The first-order valence-corrected chi connectivity index (χ1v) is 38.8. The summed E-state index contributed by atoms with van der Waals surface area (Å²) < 4.78 is 96.3. The van der Waals surface area contributed by atoms with Crippen molar-refractivity contribution in [3.8, 4) is 22.4 Å². The van der Waals surface area contributed by atoms with E-state index in [0.717, 1.165) is 23.2 Å². The molecule has 0 saturated carbocycles. The van der Waals surface area contributed by atoms with E-state index in [1.54, 1.807) is 26.0 Å². The molecule has 3 fully saturated rings. The van der Waals surface area contributed by atoms with Crippen molar-refractivity contribution < 1.29 is 129 Å². The number of aromatic nitrogens is 1. The van der Waals surface area contributed by atoms with E-state index < -0.39 is 81.0 Å². The molecule has 4 heterocycles. The Kier molecular flexibility index (Phi) is 43.2. The van der Waals surface area contributed by atoms with E-state index in [-0.39, 0.29) is 182 Å². The van der Waals surface area contributed by atoms with Gasteiger partial charge in [0.1, 0.15) is 41.2 Å². The van der Waals surface area contributed by atoms with Gasteiger partial charge in [-0.1, -0.05) is 140 Å². The molecule has 1 unspecified atom stereocenters. The number of ether oxygens (including phenoxy) is 9. The number of hydrogen-bond donors (Lipinski definition) is 4. The number of nitrogens with one attached hydrogen (secondary N) is 1. The number of carboxylic acid groups (broad SMARTS) is 1. The van der Waals surface area contributed by atoms with Crippen LogP contribution in [0.3, 0.4) is 0 Å². The zero-order valence-electron chi connectivity index (χ0n) is 67.5. The Labute approximate surface area is 682 Å². The number of hydrogen-bond acceptors (Lipinski definition) is 22. The summed E-state index contributed by atoms with van der Waals surface area (Å²) in [5, 5.41) is 34.9. The van der Waals surface area contributed by atoms with E-state index in [0.29, 0.717) is 54.7 Å². The summed E-state index contributed by atoms with van der Waals surface area (Å²) in [4.78, 5) is 70.1. The van der Waals surface area contributed by atoms with Crippen LogP contribution in [0.15, 0.2) is 120 Å². The fourth-order valence-corrected chi connectivity index (χ4v) is 14.4. The third-order valence-electron chi connectivity index (χ3n) is 17.1. The van der Waals surface area contributed by atoms with Crippen molar-refractivity contribution in [2.24, 2.45) is 17.6 Å². The van der Waals surface area contributed by atoms with Gasteiger partial charge >= 0.3 is 53.4 Å². The second kappa shape index (κ2) is 47.5. The van der Waals surface area contributed by atoms with Gasteiger partial charge in [0, 0.05) is 70.5 Å². The zero-order valence-corrected chi connectivity index (χ0v) is 70.4. The summed E-state index contributed by atoms with van der Waals surface area (Å²) in [5.41, 5.74) is 9.25. The number of nitrogens with two attached hydrogens (primary N) is 1. The normalized spacial score (nSPS) is 18.3. The van der Waals surface area contributed by atoms with Crippen molar-refractivity contribution in [2.75, 3.05) is 39.4 Å². The molecule has 8 rings (SSSR count). The van der Waals surface area contributed by atoms with Gasteiger partial charge in [0.2, 0.25) is 15.8 Å². The Morgan fingerprint density at radius 3 is 1.57 bits per heavy atom. The molecule has 111 heavy (non-hydrogen) atoms. The molecule has 3 saturated heterocycles. The predicted octanol–water partition coefficient (Wildman–Crippen LogP) is 8.32. The summed E-state index contributed by atoms with van der Waals surface area (Å²) >= 11 is 0. The summed E-state index contributed by atoms with van der Waals surface area (Å²) in [5.74, 6) is -5.73. The van der Waals surface area contributed by atoms with Crippen LogP contribution in [0.1, 0.15) is 199 Å². The zero-order chi connectivity index (χ0) is 80.3. The van der Waals surface area contributed by atoms with Crippen molar-refractivity contribution in [1.82, 2.24) is 14.2 Å². The van der Waals surface area contributed by atoms with E-state index in [2.05, 4.69) is 5.32 Å². The van der Waals surface area contributed by atoms with Gasteiger partial charge in [0.15, 0.2) is 11.6 Å². The van der Waals surface area contributed by atoms with Gasteiger partial charge in [0.05, 0.1) is 68.4 Å². The molecule has 0 spiro atoms. The minimum atomic E-state index is -4.07. The molecular weight excluding hydrogens is 1460 g/mol. The molecule has 5 aromatic rings. The number of aliphatic carboxylic acids is 1. The number of nitrogens with zero attached hydrogens (tertiary/aromatic N) is 2. The van der Waals surface area contributed by atoms with E-state index >= 15 is 0 Å². The van der Waals surface area contributed by atoms with Gasteiger partial charge < -0.3 is 78.4 Å². The van der Waals surface area contributed by atoms with E-state index in [4.69, 9.17) is 48.4 Å². The SMILES string of the molecule is C.CC(C)(C)OC(=O)C[C@H]1C[C@@H](CCN)OC(C)(C)O1.CC(C)C(=O)C(=O)OCc1ccccc1.CC(C)C(NCC[C@@H]1C[C@H](CC(=O)OC(C)(C)C)OC(C)(C)O1)C(=O)OCc1ccccc1.CC(C)c1c(-c2ccccc2)c(S(=O)(=O)N2CCOCC2)c(-c2ccc(F)cc2)n1CC[C@@H](O)C[C@@H](O)CC(=O)[O-].[B].[Na+]. The average molecular weight is 1580 g/mol. The second-order valence-electron chi connectivity index (χ2n) is 31.1. The molecule has 28 heteroatoms. The van der Waals surface area contributed by atoms with E-state index in [9.17, 15) is 56.9 Å². The number of rotatable bonds is 30. The Hall–Kier alpha value is -6.28. The fourth-order valence-electron chi connectivity index (χ4n) is 12.6. The van der Waals surface area contributed by atoms with Crippen LogP contribution in [0.5, 0.6) is 0 Å². The van der Waals surface area contributed by atoms with E-state index in [1.165, 1.54) is 16.4 Å². The molecule has 611 valence electrons. The molecule has 24 nitrogen and oxygen atoms in total. The summed E-state index contributed by atoms with van der Waals surface area (Å²) in [6.07, 6.45) is -0.327. The fraction of sp³-hybridized carbons (Fsp3) is 0.590. The number of carbonyl (C=O) groups excluding carboxylic acids is 6. The Morgan fingerprint density at radius 2 is 1.13 bits per heavy atom. The average Bonchev–Trinajstić information content (AvgIpc) is 1.57. The monoisotopic (exact) mass is 1580 g/mol. The van der Waals surface area contributed by atoms with Gasteiger partial charge in [-0.2, -0.15) is 4.31 Å². The summed E-state index contributed by atoms with van der Waals surface area (Å²) in [6, 6.07) is 33.4. The van der Waals surface area contributed by atoms with Crippen LogP contribution < -0.4 is 45.7 Å². The number of ketones is 1. The Bertz CT molecular complexity index is 3740. The first-order chi connectivity index (χ1) is 50.6. The summed E-state index contributed by atoms with van der Waals surface area (Å²) in [7, 11) is -4.07. The molecular formula is C83H122BFN4NaO20S. The maximum Gasteiger partial charge on any atom is 1.00 e. The van der Waals surface area contributed by atoms with Gasteiger partial charge in [-0.15, -0.1) is 0 Å². The largest absolute Gasteiger partial charge is 1.00 e. The number of aliphatic hydroxyl groups excluding tert-OH is 2. The van der Waals surface area contributed by atoms with E-state index in [1.807, 2.05) is 192 Å². The van der Waals surface area contributed by atoms with Gasteiger partial charge in [-0.25, -0.2) is 17.6 Å². The van der Waals surface area contributed by atoms with Crippen LogP contribution in [0, 0.1) is 17.7 Å². The smallest absolute Gasteiger partial charge is 0.550 e. The summed E-state index contributed by atoms with van der Waals surface area (Å²) in [6.45, 7) is 32.4. The van der Waals surface area contributed by atoms with Crippen molar-refractivity contribution in [1.29, 1.82) is 0 Å². The quantitative estimate of drug-likeness (QED) is 0.0145. The van der Waals surface area contributed by atoms with Gasteiger partial charge in [0.25, 0.3) is 0 Å². The first-order valence-electron chi connectivity index (χ1n) is 37.3.